The number of imide groups is 1. The van der Waals surface area contributed by atoms with Gasteiger partial charge in [-0.1, -0.05) is 11.6 Å². The molecule has 1 aromatic carbocycles. The van der Waals surface area contributed by atoms with Crippen molar-refractivity contribution in [1.82, 2.24) is 14.5 Å². The Balaban J connectivity index is 1.68. The minimum atomic E-state index is -1.09. The van der Waals surface area contributed by atoms with Crippen molar-refractivity contribution in [3.8, 4) is 5.69 Å². The minimum Gasteiger partial charge on any atom is -0.443 e. The van der Waals surface area contributed by atoms with Crippen molar-refractivity contribution in [2.24, 2.45) is 0 Å². The summed E-state index contributed by atoms with van der Waals surface area (Å²) in [5.41, 5.74) is 0.766. The fourth-order valence-corrected chi connectivity index (χ4v) is 4.07. The van der Waals surface area contributed by atoms with Crippen LogP contribution in [0.3, 0.4) is 0 Å². The van der Waals surface area contributed by atoms with Crippen LogP contribution in [0.1, 0.15) is 52.7 Å². The highest BCUT2D eigenvalue weighted by molar-refractivity contribution is 6.31. The maximum atomic E-state index is 15.9. The summed E-state index contributed by atoms with van der Waals surface area (Å²) in [4.78, 5) is 34.8. The highest BCUT2D eigenvalue weighted by Crippen LogP contribution is 2.27. The monoisotopic (exact) mass is 552 g/mol. The van der Waals surface area contributed by atoms with Gasteiger partial charge in [0.25, 0.3) is 0 Å². The summed E-state index contributed by atoms with van der Waals surface area (Å²) in [6, 6.07) is 10.9. The summed E-state index contributed by atoms with van der Waals surface area (Å²) in [5, 5.41) is 1.62. The van der Waals surface area contributed by atoms with Gasteiger partial charge in [-0.3, -0.25) is 4.98 Å². The third-order valence-electron chi connectivity index (χ3n) is 5.42. The molecule has 0 N–H and O–H groups in total. The summed E-state index contributed by atoms with van der Waals surface area (Å²) in [6.07, 6.45) is 4.52. The molecule has 10 heteroatoms. The molecule has 0 unspecified atom stereocenters. The Morgan fingerprint density at radius 1 is 0.974 bits per heavy atom. The van der Waals surface area contributed by atoms with Crippen LogP contribution in [-0.4, -0.2) is 37.9 Å². The van der Waals surface area contributed by atoms with Crippen molar-refractivity contribution in [1.29, 1.82) is 0 Å². The van der Waals surface area contributed by atoms with Gasteiger partial charge in [0.2, 0.25) is 0 Å². The minimum absolute atomic E-state index is 0.129. The second-order valence-electron chi connectivity index (χ2n) is 11.0. The van der Waals surface area contributed by atoms with Gasteiger partial charge in [0.05, 0.1) is 17.4 Å². The summed E-state index contributed by atoms with van der Waals surface area (Å²) in [5.74, 6) is -1.35. The normalized spacial score (nSPS) is 11.9. The lowest BCUT2D eigenvalue weighted by atomic mass is 10.1. The first kappa shape index (κ1) is 28.0. The number of fused-ring (bicyclic) bond motifs is 1. The van der Waals surface area contributed by atoms with E-state index < -0.39 is 35.0 Å². The second-order valence-corrected chi connectivity index (χ2v) is 11.5. The van der Waals surface area contributed by atoms with Crippen molar-refractivity contribution in [3.63, 3.8) is 0 Å². The van der Waals surface area contributed by atoms with E-state index in [4.69, 9.17) is 21.1 Å². The van der Waals surface area contributed by atoms with E-state index in [0.717, 1.165) is 16.6 Å². The van der Waals surface area contributed by atoms with Crippen LogP contribution in [0.15, 0.2) is 61.2 Å². The second kappa shape index (κ2) is 10.6. The zero-order valence-electron chi connectivity index (χ0n) is 22.7. The molecular weight excluding hydrogens is 523 g/mol. The molecule has 0 bridgehead atoms. The van der Waals surface area contributed by atoms with Gasteiger partial charge in [-0.2, -0.15) is 4.90 Å². The molecule has 2 amide bonds. The molecule has 0 fully saturated rings. The molecule has 3 aromatic heterocycles. The molecule has 39 heavy (non-hydrogen) atoms. The number of ether oxygens (including phenoxy) is 2. The van der Waals surface area contributed by atoms with E-state index in [-0.39, 0.29) is 12.0 Å². The number of pyridine rings is 2. The summed E-state index contributed by atoms with van der Waals surface area (Å²) >= 11 is 6.12. The average molecular weight is 553 g/mol. The van der Waals surface area contributed by atoms with Gasteiger partial charge >= 0.3 is 12.2 Å². The van der Waals surface area contributed by atoms with Crippen LogP contribution in [0, 0.1) is 5.82 Å². The summed E-state index contributed by atoms with van der Waals surface area (Å²) < 4.78 is 28.5. The molecule has 0 aliphatic carbocycles. The predicted octanol–water partition coefficient (Wildman–Crippen LogP) is 7.48. The lowest BCUT2D eigenvalue weighted by Crippen LogP contribution is -2.44. The number of anilines is 1. The molecule has 0 saturated carbocycles. The van der Waals surface area contributed by atoms with Gasteiger partial charge in [0.15, 0.2) is 11.6 Å². The number of aromatic nitrogens is 3. The molecule has 0 saturated heterocycles. The molecular formula is C29H30ClFN4O4. The van der Waals surface area contributed by atoms with Crippen LogP contribution in [0.5, 0.6) is 0 Å². The summed E-state index contributed by atoms with van der Waals surface area (Å²) in [7, 11) is 0. The molecule has 0 spiro atoms. The molecule has 8 nitrogen and oxygen atoms in total. The number of hydrogen-bond donors (Lipinski definition) is 0. The fourth-order valence-electron chi connectivity index (χ4n) is 3.89. The number of carbonyl (C=O) groups excluding carboxylic acids is 2. The molecule has 0 atom stereocenters. The number of rotatable bonds is 4. The third-order valence-corrected chi connectivity index (χ3v) is 5.66. The highest BCUT2D eigenvalue weighted by atomic mass is 35.5. The highest BCUT2D eigenvalue weighted by Gasteiger charge is 2.36. The van der Waals surface area contributed by atoms with Gasteiger partial charge < -0.3 is 14.0 Å². The standard InChI is InChI=1S/C29H30ClFN4O4/c1-28(2,3)38-26(36)35(27(37)39-29(4,5)6)25-24(31)20(9-11-33-25)13-18-14-22(17-32-16-18)34-12-10-19-15-21(30)7-8-23(19)34/h7-12,14-17H,13H2,1-6H3. The zero-order chi connectivity index (χ0) is 28.5. The first-order valence-electron chi connectivity index (χ1n) is 12.3. The van der Waals surface area contributed by atoms with Gasteiger partial charge in [0.1, 0.15) is 11.2 Å². The van der Waals surface area contributed by atoms with Gasteiger partial charge in [-0.05, 0) is 89.1 Å². The van der Waals surface area contributed by atoms with Crippen LogP contribution in [0.4, 0.5) is 19.8 Å². The van der Waals surface area contributed by atoms with Crippen LogP contribution >= 0.6 is 11.6 Å². The van der Waals surface area contributed by atoms with E-state index in [1.165, 1.54) is 12.3 Å². The van der Waals surface area contributed by atoms with Crippen LogP contribution in [0.2, 0.25) is 5.02 Å². The Bertz CT molecular complexity index is 1510. The zero-order valence-corrected chi connectivity index (χ0v) is 23.4. The van der Waals surface area contributed by atoms with Gasteiger partial charge in [-0.15, -0.1) is 0 Å². The predicted molar refractivity (Wildman–Crippen MR) is 148 cm³/mol. The Kier molecular flexibility index (Phi) is 7.66. The Labute approximate surface area is 231 Å². The lowest BCUT2D eigenvalue weighted by Gasteiger charge is -2.28. The number of nitrogens with zero attached hydrogens (tertiary/aromatic N) is 4. The summed E-state index contributed by atoms with van der Waals surface area (Å²) in [6.45, 7) is 9.84. The average Bonchev–Trinajstić information content (AvgIpc) is 3.22. The topological polar surface area (TPSA) is 86.6 Å². The molecule has 0 aliphatic heterocycles. The Hall–Kier alpha value is -3.98. The Morgan fingerprint density at radius 3 is 2.28 bits per heavy atom. The molecule has 4 rings (SSSR count). The van der Waals surface area contributed by atoms with Gasteiger partial charge in [-0.25, -0.2) is 19.0 Å². The largest absolute Gasteiger partial charge is 0.443 e. The quantitative estimate of drug-likeness (QED) is 0.261. The van der Waals surface area contributed by atoms with E-state index in [1.54, 1.807) is 53.9 Å². The van der Waals surface area contributed by atoms with Crippen molar-refractivity contribution >= 4 is 40.5 Å². The van der Waals surface area contributed by atoms with Crippen molar-refractivity contribution in [2.45, 2.75) is 59.2 Å². The molecule has 3 heterocycles. The molecule has 4 aromatic rings. The maximum absolute atomic E-state index is 15.9. The lowest BCUT2D eigenvalue weighted by molar-refractivity contribution is 0.0427. The SMILES string of the molecule is CC(C)(C)OC(=O)N(C(=O)OC(C)(C)C)c1nccc(Cc2cncc(-n3ccc4cc(Cl)ccc43)c2)c1F. The van der Waals surface area contributed by atoms with Crippen LogP contribution < -0.4 is 4.90 Å². The molecule has 204 valence electrons. The number of hydrogen-bond acceptors (Lipinski definition) is 6. The first-order chi connectivity index (χ1) is 18.2. The third kappa shape index (κ3) is 6.72. The Morgan fingerprint density at radius 2 is 1.64 bits per heavy atom. The van der Waals surface area contributed by atoms with E-state index in [1.807, 2.05) is 41.1 Å². The van der Waals surface area contributed by atoms with E-state index in [2.05, 4.69) is 9.97 Å². The van der Waals surface area contributed by atoms with E-state index in [9.17, 15) is 9.59 Å². The fraction of sp³-hybridized carbons (Fsp3) is 0.310. The van der Waals surface area contributed by atoms with Crippen molar-refractivity contribution in [3.05, 3.63) is 83.2 Å². The maximum Gasteiger partial charge on any atom is 0.425 e. The smallest absolute Gasteiger partial charge is 0.425 e. The van der Waals surface area contributed by atoms with E-state index in [0.29, 0.717) is 15.5 Å². The van der Waals surface area contributed by atoms with Crippen LogP contribution in [0.25, 0.3) is 16.6 Å². The molecule has 0 radical (unpaired) electrons. The van der Waals surface area contributed by atoms with Crippen LogP contribution in [-0.2, 0) is 15.9 Å². The number of carbonyl (C=O) groups is 2. The van der Waals surface area contributed by atoms with E-state index >= 15 is 4.39 Å². The van der Waals surface area contributed by atoms with Crippen molar-refractivity contribution in [2.75, 3.05) is 4.90 Å². The number of halogens is 2. The molecule has 0 aliphatic rings. The van der Waals surface area contributed by atoms with Crippen molar-refractivity contribution < 1.29 is 23.5 Å². The number of amides is 2. The number of benzene rings is 1. The van der Waals surface area contributed by atoms with Gasteiger partial charge in [0, 0.05) is 35.4 Å². The first-order valence-corrected chi connectivity index (χ1v) is 12.7.